The van der Waals surface area contributed by atoms with E-state index in [4.69, 9.17) is 4.74 Å². The third-order valence-electron chi connectivity index (χ3n) is 5.32. The Labute approximate surface area is 160 Å². The Morgan fingerprint density at radius 3 is 2.78 bits per heavy atom. The fraction of sp³-hybridized carbons (Fsp3) is 0.455. The van der Waals surface area contributed by atoms with E-state index in [0.29, 0.717) is 18.9 Å². The van der Waals surface area contributed by atoms with Crippen LogP contribution in [0, 0.1) is 12.8 Å². The van der Waals surface area contributed by atoms with Crippen LogP contribution < -0.4 is 10.2 Å². The van der Waals surface area contributed by atoms with Gasteiger partial charge in [0.1, 0.15) is 0 Å². The molecule has 0 atom stereocenters. The molecule has 0 radical (unpaired) electrons. The van der Waals surface area contributed by atoms with Crippen LogP contribution in [0.2, 0.25) is 0 Å². The van der Waals surface area contributed by atoms with Crippen molar-refractivity contribution in [1.29, 1.82) is 0 Å². The lowest BCUT2D eigenvalue weighted by Gasteiger charge is -2.29. The number of benzene rings is 1. The zero-order chi connectivity index (χ0) is 18.6. The maximum atomic E-state index is 12.2. The number of morpholine rings is 1. The molecule has 5 heteroatoms. The van der Waals surface area contributed by atoms with E-state index >= 15 is 0 Å². The summed E-state index contributed by atoms with van der Waals surface area (Å²) in [5.41, 5.74) is 5.63. The van der Waals surface area contributed by atoms with Crippen molar-refractivity contribution in [1.82, 2.24) is 10.3 Å². The van der Waals surface area contributed by atoms with Crippen LogP contribution in [0.25, 0.3) is 11.1 Å². The zero-order valence-electron chi connectivity index (χ0n) is 15.9. The standard InChI is InChI=1S/C22H27N3O2/c1-16-12-18(6-7-23-16)21-5-4-20(25-8-10-27-11-9-25)14-19(21)15-24-22(26)13-17-2-3-17/h4-7,12,14,17H,2-3,8-11,13,15H2,1H3,(H,24,26). The molecule has 1 aliphatic carbocycles. The van der Waals surface area contributed by atoms with E-state index < -0.39 is 0 Å². The van der Waals surface area contributed by atoms with E-state index in [2.05, 4.69) is 39.5 Å². The maximum absolute atomic E-state index is 12.2. The van der Waals surface area contributed by atoms with Gasteiger partial charge < -0.3 is 15.0 Å². The number of carbonyl (C=O) groups excluding carboxylic acids is 1. The summed E-state index contributed by atoms with van der Waals surface area (Å²) in [6.07, 6.45) is 4.89. The van der Waals surface area contributed by atoms with Gasteiger partial charge in [-0.05, 0) is 66.6 Å². The summed E-state index contributed by atoms with van der Waals surface area (Å²) in [4.78, 5) is 18.9. The first-order valence-corrected chi connectivity index (χ1v) is 9.84. The number of anilines is 1. The minimum atomic E-state index is 0.158. The van der Waals surface area contributed by atoms with E-state index in [1.165, 1.54) is 18.5 Å². The van der Waals surface area contributed by atoms with E-state index in [-0.39, 0.29) is 5.91 Å². The number of nitrogens with zero attached hydrogens (tertiary/aromatic N) is 2. The van der Waals surface area contributed by atoms with Crippen molar-refractivity contribution in [2.24, 2.45) is 5.92 Å². The zero-order valence-corrected chi connectivity index (χ0v) is 15.9. The number of carbonyl (C=O) groups is 1. The van der Waals surface area contributed by atoms with Gasteiger partial charge in [-0.25, -0.2) is 0 Å². The number of pyridine rings is 1. The molecule has 1 aromatic heterocycles. The Bertz CT molecular complexity index is 811. The van der Waals surface area contributed by atoms with E-state index in [1.54, 1.807) is 0 Å². The first-order chi connectivity index (χ1) is 13.2. The van der Waals surface area contributed by atoms with Gasteiger partial charge in [-0.2, -0.15) is 0 Å². The van der Waals surface area contributed by atoms with Crippen LogP contribution in [0.4, 0.5) is 5.69 Å². The number of ether oxygens (including phenoxy) is 1. The molecule has 2 aromatic rings. The van der Waals surface area contributed by atoms with Gasteiger partial charge >= 0.3 is 0 Å². The highest BCUT2D eigenvalue weighted by Gasteiger charge is 2.24. The summed E-state index contributed by atoms with van der Waals surface area (Å²) in [5, 5.41) is 3.13. The van der Waals surface area contributed by atoms with Crippen molar-refractivity contribution in [3.05, 3.63) is 47.8 Å². The van der Waals surface area contributed by atoms with Crippen LogP contribution in [-0.4, -0.2) is 37.2 Å². The lowest BCUT2D eigenvalue weighted by molar-refractivity contribution is -0.121. The lowest BCUT2D eigenvalue weighted by atomic mass is 9.98. The summed E-state index contributed by atoms with van der Waals surface area (Å²) in [7, 11) is 0. The Balaban J connectivity index is 1.59. The molecule has 0 unspecified atom stereocenters. The molecule has 2 aliphatic rings. The molecule has 1 N–H and O–H groups in total. The maximum Gasteiger partial charge on any atom is 0.220 e. The minimum Gasteiger partial charge on any atom is -0.378 e. The number of aromatic nitrogens is 1. The molecular weight excluding hydrogens is 338 g/mol. The Hall–Kier alpha value is -2.40. The minimum absolute atomic E-state index is 0.158. The van der Waals surface area contributed by atoms with Crippen molar-refractivity contribution in [3.63, 3.8) is 0 Å². The van der Waals surface area contributed by atoms with Gasteiger partial charge in [0.05, 0.1) is 13.2 Å². The second kappa shape index (κ2) is 8.09. The number of aryl methyl sites for hydroxylation is 1. The Kier molecular flexibility index (Phi) is 5.39. The highest BCUT2D eigenvalue weighted by Crippen LogP contribution is 2.32. The summed E-state index contributed by atoms with van der Waals surface area (Å²) < 4.78 is 5.47. The largest absolute Gasteiger partial charge is 0.378 e. The molecule has 4 rings (SSSR count). The molecule has 1 saturated heterocycles. The van der Waals surface area contributed by atoms with Crippen LogP contribution in [0.5, 0.6) is 0 Å². The summed E-state index contributed by atoms with van der Waals surface area (Å²) in [5.74, 6) is 0.762. The van der Waals surface area contributed by atoms with Crippen LogP contribution in [0.1, 0.15) is 30.5 Å². The first-order valence-electron chi connectivity index (χ1n) is 9.84. The fourth-order valence-corrected chi connectivity index (χ4v) is 3.59. The smallest absolute Gasteiger partial charge is 0.220 e. The normalized spacial score (nSPS) is 17.0. The number of hydrogen-bond donors (Lipinski definition) is 1. The summed E-state index contributed by atoms with van der Waals surface area (Å²) >= 11 is 0. The number of rotatable bonds is 6. The molecular formula is C22H27N3O2. The molecule has 2 heterocycles. The van der Waals surface area contributed by atoms with Crippen molar-refractivity contribution in [2.75, 3.05) is 31.2 Å². The van der Waals surface area contributed by atoms with Crippen LogP contribution in [0.15, 0.2) is 36.5 Å². The summed E-state index contributed by atoms with van der Waals surface area (Å²) in [6.45, 7) is 5.89. The molecule has 0 spiro atoms. The SMILES string of the molecule is Cc1cc(-c2ccc(N3CCOCC3)cc2CNC(=O)CC2CC2)ccn1. The van der Waals surface area contributed by atoms with Crippen LogP contribution in [-0.2, 0) is 16.1 Å². The second-order valence-electron chi connectivity index (χ2n) is 7.55. The highest BCUT2D eigenvalue weighted by atomic mass is 16.5. The number of nitrogens with one attached hydrogen (secondary N) is 1. The molecule has 142 valence electrons. The highest BCUT2D eigenvalue weighted by molar-refractivity contribution is 5.77. The topological polar surface area (TPSA) is 54.5 Å². The van der Waals surface area contributed by atoms with Gasteiger partial charge in [0, 0.05) is 43.6 Å². The second-order valence-corrected chi connectivity index (χ2v) is 7.55. The van der Waals surface area contributed by atoms with Gasteiger partial charge in [0.25, 0.3) is 0 Å². The Morgan fingerprint density at radius 1 is 1.22 bits per heavy atom. The van der Waals surface area contributed by atoms with Crippen molar-refractivity contribution in [2.45, 2.75) is 32.7 Å². The average Bonchev–Trinajstić information content (AvgIpc) is 3.51. The van der Waals surface area contributed by atoms with Crippen molar-refractivity contribution >= 4 is 11.6 Å². The number of hydrogen-bond acceptors (Lipinski definition) is 4. The molecule has 1 aromatic carbocycles. The molecule has 5 nitrogen and oxygen atoms in total. The monoisotopic (exact) mass is 365 g/mol. The van der Waals surface area contributed by atoms with Gasteiger partial charge in [-0.3, -0.25) is 9.78 Å². The van der Waals surface area contributed by atoms with E-state index in [1.807, 2.05) is 19.2 Å². The van der Waals surface area contributed by atoms with Crippen LogP contribution in [0.3, 0.4) is 0 Å². The fourth-order valence-electron chi connectivity index (χ4n) is 3.59. The van der Waals surface area contributed by atoms with Gasteiger partial charge in [0.2, 0.25) is 5.91 Å². The molecule has 1 aliphatic heterocycles. The van der Waals surface area contributed by atoms with E-state index in [9.17, 15) is 4.79 Å². The lowest BCUT2D eigenvalue weighted by Crippen LogP contribution is -2.36. The first kappa shape index (κ1) is 18.0. The molecule has 1 amide bonds. The van der Waals surface area contributed by atoms with Gasteiger partial charge in [-0.15, -0.1) is 0 Å². The van der Waals surface area contributed by atoms with Crippen molar-refractivity contribution < 1.29 is 9.53 Å². The Morgan fingerprint density at radius 2 is 2.04 bits per heavy atom. The van der Waals surface area contributed by atoms with E-state index in [0.717, 1.165) is 48.7 Å². The van der Waals surface area contributed by atoms with Crippen LogP contribution >= 0.6 is 0 Å². The predicted octanol–water partition coefficient (Wildman–Crippen LogP) is 3.31. The average molecular weight is 365 g/mol. The number of amides is 1. The third-order valence-corrected chi connectivity index (χ3v) is 5.32. The third kappa shape index (κ3) is 4.66. The van der Waals surface area contributed by atoms with Gasteiger partial charge in [0.15, 0.2) is 0 Å². The predicted molar refractivity (Wildman–Crippen MR) is 107 cm³/mol. The van der Waals surface area contributed by atoms with Crippen molar-refractivity contribution in [3.8, 4) is 11.1 Å². The van der Waals surface area contributed by atoms with Gasteiger partial charge in [-0.1, -0.05) is 6.07 Å². The molecule has 1 saturated carbocycles. The molecule has 27 heavy (non-hydrogen) atoms. The quantitative estimate of drug-likeness (QED) is 0.853. The molecule has 2 fully saturated rings. The molecule has 0 bridgehead atoms. The summed E-state index contributed by atoms with van der Waals surface area (Å²) in [6, 6.07) is 10.7.